The molecule has 4 rings (SSSR count). The van der Waals surface area contributed by atoms with Gasteiger partial charge in [0.05, 0.1) is 7.11 Å². The van der Waals surface area contributed by atoms with Crippen LogP contribution in [-0.2, 0) is 11.3 Å². The summed E-state index contributed by atoms with van der Waals surface area (Å²) in [5.74, 6) is 0.952. The number of likely N-dealkylation sites (tertiary alicyclic amines) is 1. The number of carbonyl (C=O) groups excluding carboxylic acids is 2. The zero-order valence-electron chi connectivity index (χ0n) is 19.0. The van der Waals surface area contributed by atoms with Gasteiger partial charge in [-0.3, -0.25) is 9.59 Å². The van der Waals surface area contributed by atoms with Crippen LogP contribution in [0.5, 0.6) is 5.75 Å². The van der Waals surface area contributed by atoms with Gasteiger partial charge in [-0.25, -0.2) is 0 Å². The summed E-state index contributed by atoms with van der Waals surface area (Å²) in [6.45, 7) is 5.91. The lowest BCUT2D eigenvalue weighted by atomic mass is 9.95. The van der Waals surface area contributed by atoms with E-state index < -0.39 is 0 Å². The topological polar surface area (TPSA) is 63.6 Å². The van der Waals surface area contributed by atoms with Crippen molar-refractivity contribution in [3.8, 4) is 5.75 Å². The maximum atomic E-state index is 13.5. The van der Waals surface area contributed by atoms with Crippen LogP contribution < -0.4 is 10.1 Å². The Kier molecular flexibility index (Phi) is 6.84. The van der Waals surface area contributed by atoms with Gasteiger partial charge in [0.15, 0.2) is 0 Å². The quantitative estimate of drug-likeness (QED) is 0.572. The number of hydrogen-bond acceptors (Lipinski definition) is 4. The Balaban J connectivity index is 1.50. The van der Waals surface area contributed by atoms with E-state index in [1.54, 1.807) is 18.4 Å². The summed E-state index contributed by atoms with van der Waals surface area (Å²) in [6, 6.07) is 12.2. The highest BCUT2D eigenvalue weighted by Crippen LogP contribution is 2.29. The number of aromatic nitrogens is 1. The first-order valence-corrected chi connectivity index (χ1v) is 12.2. The van der Waals surface area contributed by atoms with E-state index in [1.165, 1.54) is 0 Å². The summed E-state index contributed by atoms with van der Waals surface area (Å²) in [5.41, 5.74) is 1.79. The number of amides is 2. The Morgan fingerprint density at radius 1 is 1.22 bits per heavy atom. The fourth-order valence-corrected chi connectivity index (χ4v) is 5.13. The van der Waals surface area contributed by atoms with Crippen LogP contribution in [0.3, 0.4) is 0 Å². The lowest BCUT2D eigenvalue weighted by molar-refractivity contribution is -0.126. The van der Waals surface area contributed by atoms with Gasteiger partial charge in [0.25, 0.3) is 5.91 Å². The van der Waals surface area contributed by atoms with E-state index in [0.29, 0.717) is 38.2 Å². The number of thiophene rings is 1. The Morgan fingerprint density at radius 2 is 2.00 bits per heavy atom. The van der Waals surface area contributed by atoms with Crippen molar-refractivity contribution in [1.82, 2.24) is 14.8 Å². The number of methoxy groups -OCH3 is 1. The molecule has 0 unspecified atom stereocenters. The molecule has 0 radical (unpaired) electrons. The molecule has 1 aromatic carbocycles. The van der Waals surface area contributed by atoms with Gasteiger partial charge in [-0.05, 0) is 61.4 Å². The summed E-state index contributed by atoms with van der Waals surface area (Å²) in [6.07, 6.45) is 2.34. The molecular weight excluding hydrogens is 422 g/mol. The molecular formula is C25H31N3O3S. The molecule has 1 atom stereocenters. The van der Waals surface area contributed by atoms with Crippen LogP contribution in [0.2, 0.25) is 0 Å². The van der Waals surface area contributed by atoms with Gasteiger partial charge in [-0.15, -0.1) is 11.3 Å². The molecule has 0 spiro atoms. The van der Waals surface area contributed by atoms with Gasteiger partial charge >= 0.3 is 0 Å². The lowest BCUT2D eigenvalue weighted by Gasteiger charge is -2.32. The molecule has 6 nitrogen and oxygen atoms in total. The number of hydrogen-bond donors (Lipinski definition) is 1. The molecule has 1 aliphatic heterocycles. The molecule has 3 heterocycles. The second kappa shape index (κ2) is 9.77. The number of nitrogens with one attached hydrogen (secondary N) is 1. The molecule has 1 fully saturated rings. The molecule has 32 heavy (non-hydrogen) atoms. The fraction of sp³-hybridized carbons (Fsp3) is 0.440. The smallest absolute Gasteiger partial charge is 0.270 e. The normalized spacial score (nSPS) is 15.7. The molecule has 1 aliphatic rings. The van der Waals surface area contributed by atoms with Gasteiger partial charge < -0.3 is 19.5 Å². The maximum absolute atomic E-state index is 13.5. The number of ether oxygens (including phenoxy) is 1. The van der Waals surface area contributed by atoms with Crippen molar-refractivity contribution >= 4 is 33.4 Å². The predicted octanol–water partition coefficient (Wildman–Crippen LogP) is 4.53. The maximum Gasteiger partial charge on any atom is 0.270 e. The lowest BCUT2D eigenvalue weighted by Crippen LogP contribution is -2.45. The van der Waals surface area contributed by atoms with E-state index in [0.717, 1.165) is 28.0 Å². The Labute approximate surface area is 193 Å². The van der Waals surface area contributed by atoms with Gasteiger partial charge in [0.1, 0.15) is 16.3 Å². The number of rotatable bonds is 7. The number of benzene rings is 1. The zero-order valence-corrected chi connectivity index (χ0v) is 19.8. The third-order valence-electron chi connectivity index (χ3n) is 6.35. The standard InChI is InChI=1S/C25H31N3O3S/c1-4-17(2)26-23(29)19-8-11-27(12-9-19)24(30)22-15-20-10-13-32-25(20)28(22)16-18-6-5-7-21(14-18)31-3/h5-7,10,13-15,17,19H,4,8-9,11-12,16H2,1-3H3,(H,26,29)/t17-/m1/s1. The molecule has 1 N–H and O–H groups in total. The van der Waals surface area contributed by atoms with E-state index in [9.17, 15) is 9.59 Å². The van der Waals surface area contributed by atoms with Crippen molar-refractivity contribution in [2.75, 3.05) is 20.2 Å². The van der Waals surface area contributed by atoms with Crippen molar-refractivity contribution in [2.24, 2.45) is 5.92 Å². The van der Waals surface area contributed by atoms with Crippen LogP contribution in [0.4, 0.5) is 0 Å². The second-order valence-corrected chi connectivity index (χ2v) is 9.43. The average Bonchev–Trinajstić information content (AvgIpc) is 3.41. The van der Waals surface area contributed by atoms with Crippen molar-refractivity contribution in [1.29, 1.82) is 0 Å². The van der Waals surface area contributed by atoms with Crippen LogP contribution in [0.15, 0.2) is 41.8 Å². The van der Waals surface area contributed by atoms with E-state index in [-0.39, 0.29) is 23.8 Å². The summed E-state index contributed by atoms with van der Waals surface area (Å²) in [5, 5.41) is 6.22. The van der Waals surface area contributed by atoms with Crippen LogP contribution in [0, 0.1) is 5.92 Å². The third-order valence-corrected chi connectivity index (χ3v) is 7.30. The number of carbonyl (C=O) groups is 2. The highest BCUT2D eigenvalue weighted by molar-refractivity contribution is 7.16. The van der Waals surface area contributed by atoms with Crippen LogP contribution in [-0.4, -0.2) is 47.5 Å². The van der Waals surface area contributed by atoms with Crippen molar-refractivity contribution < 1.29 is 14.3 Å². The molecule has 0 aliphatic carbocycles. The van der Waals surface area contributed by atoms with E-state index in [2.05, 4.69) is 34.3 Å². The predicted molar refractivity (Wildman–Crippen MR) is 128 cm³/mol. The zero-order chi connectivity index (χ0) is 22.7. The first-order valence-electron chi connectivity index (χ1n) is 11.3. The van der Waals surface area contributed by atoms with Gasteiger partial charge in [0.2, 0.25) is 5.91 Å². The minimum absolute atomic E-state index is 0.0138. The first-order chi connectivity index (χ1) is 15.5. The second-order valence-electron chi connectivity index (χ2n) is 8.53. The number of fused-ring (bicyclic) bond motifs is 1. The summed E-state index contributed by atoms with van der Waals surface area (Å²) in [4.78, 5) is 29.0. The minimum Gasteiger partial charge on any atom is -0.497 e. The molecule has 0 bridgehead atoms. The number of piperidine rings is 1. The Hall–Kier alpha value is -2.80. The average molecular weight is 454 g/mol. The highest BCUT2D eigenvalue weighted by atomic mass is 32.1. The largest absolute Gasteiger partial charge is 0.497 e. The van der Waals surface area contributed by atoms with Crippen molar-refractivity contribution in [2.45, 2.75) is 45.7 Å². The first kappa shape index (κ1) is 22.4. The van der Waals surface area contributed by atoms with E-state index >= 15 is 0 Å². The van der Waals surface area contributed by atoms with E-state index in [1.807, 2.05) is 36.1 Å². The van der Waals surface area contributed by atoms with E-state index in [4.69, 9.17) is 4.74 Å². The van der Waals surface area contributed by atoms with Crippen molar-refractivity contribution in [3.05, 3.63) is 53.0 Å². The van der Waals surface area contributed by atoms with Gasteiger partial charge in [-0.1, -0.05) is 19.1 Å². The molecule has 0 saturated carbocycles. The monoisotopic (exact) mass is 453 g/mol. The SMILES string of the molecule is CC[C@@H](C)NC(=O)C1CCN(C(=O)c2cc3ccsc3n2Cc2cccc(OC)c2)CC1. The molecule has 2 amide bonds. The summed E-state index contributed by atoms with van der Waals surface area (Å²) < 4.78 is 7.48. The summed E-state index contributed by atoms with van der Waals surface area (Å²) >= 11 is 1.65. The van der Waals surface area contributed by atoms with Crippen LogP contribution >= 0.6 is 11.3 Å². The third kappa shape index (κ3) is 4.67. The molecule has 7 heteroatoms. The summed E-state index contributed by atoms with van der Waals surface area (Å²) in [7, 11) is 1.66. The molecule has 170 valence electrons. The highest BCUT2D eigenvalue weighted by Gasteiger charge is 2.30. The molecule has 1 saturated heterocycles. The van der Waals surface area contributed by atoms with Crippen molar-refractivity contribution in [3.63, 3.8) is 0 Å². The van der Waals surface area contributed by atoms with Gasteiger partial charge in [-0.2, -0.15) is 0 Å². The molecule has 2 aromatic heterocycles. The van der Waals surface area contributed by atoms with Gasteiger partial charge in [0, 0.05) is 37.0 Å². The Morgan fingerprint density at radius 3 is 2.72 bits per heavy atom. The minimum atomic E-state index is -0.0138. The fourth-order valence-electron chi connectivity index (χ4n) is 4.23. The van der Waals surface area contributed by atoms with Crippen LogP contribution in [0.1, 0.15) is 49.2 Å². The number of nitrogens with zero attached hydrogens (tertiary/aromatic N) is 2. The van der Waals surface area contributed by atoms with Crippen LogP contribution in [0.25, 0.3) is 10.2 Å². The molecule has 3 aromatic rings. The Bertz CT molecular complexity index is 1090.